The Hall–Kier alpha value is -2.60. The number of hydrogen-bond acceptors (Lipinski definition) is 6. The first-order valence-corrected chi connectivity index (χ1v) is 8.94. The van der Waals surface area contributed by atoms with E-state index in [4.69, 9.17) is 4.74 Å². The van der Waals surface area contributed by atoms with Gasteiger partial charge >= 0.3 is 5.97 Å². The van der Waals surface area contributed by atoms with Gasteiger partial charge in [-0.1, -0.05) is 12.1 Å². The molecular weight excluding hydrogens is 330 g/mol. The normalized spacial score (nSPS) is 15.3. The van der Waals surface area contributed by atoms with Crippen LogP contribution in [0.15, 0.2) is 42.6 Å². The highest BCUT2D eigenvalue weighted by Gasteiger charge is 2.23. The van der Waals surface area contributed by atoms with Gasteiger partial charge in [-0.05, 0) is 43.7 Å². The van der Waals surface area contributed by atoms with Crippen LogP contribution in [0.2, 0.25) is 0 Å². The quantitative estimate of drug-likeness (QED) is 0.832. The first kappa shape index (κ1) is 18.2. The molecule has 0 spiro atoms. The van der Waals surface area contributed by atoms with E-state index in [9.17, 15) is 9.90 Å². The maximum Gasteiger partial charge on any atom is 0.342 e. The molecule has 6 heteroatoms. The summed E-state index contributed by atoms with van der Waals surface area (Å²) in [7, 11) is 0. The van der Waals surface area contributed by atoms with Crippen molar-refractivity contribution in [2.24, 2.45) is 0 Å². The molecule has 1 N–H and O–H groups in total. The first-order chi connectivity index (χ1) is 12.5. The summed E-state index contributed by atoms with van der Waals surface area (Å²) in [4.78, 5) is 21.3. The number of aromatic nitrogens is 1. The van der Waals surface area contributed by atoms with Crippen LogP contribution in [-0.4, -0.2) is 53.2 Å². The van der Waals surface area contributed by atoms with E-state index in [2.05, 4.69) is 14.8 Å². The molecule has 1 aromatic carbocycles. The van der Waals surface area contributed by atoms with Gasteiger partial charge in [0, 0.05) is 38.9 Å². The second kappa shape index (κ2) is 8.19. The van der Waals surface area contributed by atoms with Gasteiger partial charge in [-0.25, -0.2) is 9.78 Å². The average molecular weight is 355 g/mol. The summed E-state index contributed by atoms with van der Waals surface area (Å²) >= 11 is 0. The number of rotatable bonds is 5. The number of phenolic OH excluding ortho intramolecular Hbond substituents is 1. The van der Waals surface area contributed by atoms with E-state index >= 15 is 0 Å². The fourth-order valence-electron chi connectivity index (χ4n) is 3.06. The molecule has 1 aliphatic rings. The largest absolute Gasteiger partial charge is 0.508 e. The predicted molar refractivity (Wildman–Crippen MR) is 100 cm³/mol. The van der Waals surface area contributed by atoms with Crippen molar-refractivity contribution in [3.63, 3.8) is 0 Å². The van der Waals surface area contributed by atoms with E-state index in [0.717, 1.165) is 32.7 Å². The molecule has 1 aliphatic heterocycles. The summed E-state index contributed by atoms with van der Waals surface area (Å²) in [5.41, 5.74) is 1.70. The van der Waals surface area contributed by atoms with Crippen LogP contribution < -0.4 is 4.90 Å². The third-order valence-electron chi connectivity index (χ3n) is 4.36. The molecule has 0 radical (unpaired) electrons. The van der Waals surface area contributed by atoms with Gasteiger partial charge in [0.1, 0.15) is 17.1 Å². The zero-order chi connectivity index (χ0) is 18.5. The van der Waals surface area contributed by atoms with Crippen LogP contribution >= 0.6 is 0 Å². The average Bonchev–Trinajstić information content (AvgIpc) is 2.64. The number of ether oxygens (including phenoxy) is 1. The number of phenols is 1. The second-order valence-corrected chi connectivity index (χ2v) is 6.76. The fraction of sp³-hybridized carbons (Fsp3) is 0.400. The summed E-state index contributed by atoms with van der Waals surface area (Å²) in [6.07, 6.45) is 1.56. The van der Waals surface area contributed by atoms with Gasteiger partial charge in [-0.15, -0.1) is 0 Å². The Morgan fingerprint density at radius 1 is 1.15 bits per heavy atom. The van der Waals surface area contributed by atoms with Gasteiger partial charge in [0.2, 0.25) is 0 Å². The molecule has 0 saturated carbocycles. The van der Waals surface area contributed by atoms with E-state index < -0.39 is 0 Å². The number of aromatic hydroxyl groups is 1. The Bertz CT molecular complexity index is 738. The van der Waals surface area contributed by atoms with Crippen molar-refractivity contribution in [1.82, 2.24) is 9.88 Å². The highest BCUT2D eigenvalue weighted by atomic mass is 16.5. The Morgan fingerprint density at radius 2 is 1.85 bits per heavy atom. The molecule has 0 amide bonds. The minimum atomic E-state index is -0.324. The molecule has 1 aromatic heterocycles. The lowest BCUT2D eigenvalue weighted by Crippen LogP contribution is -2.46. The minimum Gasteiger partial charge on any atom is -0.508 e. The van der Waals surface area contributed by atoms with Crippen molar-refractivity contribution in [1.29, 1.82) is 0 Å². The number of pyridine rings is 1. The summed E-state index contributed by atoms with van der Waals surface area (Å²) in [5, 5.41) is 9.38. The van der Waals surface area contributed by atoms with Crippen molar-refractivity contribution in [3.8, 4) is 5.75 Å². The molecule has 0 aliphatic carbocycles. The topological polar surface area (TPSA) is 65.9 Å². The Balaban J connectivity index is 1.63. The van der Waals surface area contributed by atoms with E-state index in [0.29, 0.717) is 11.4 Å². The smallest absolute Gasteiger partial charge is 0.342 e. The van der Waals surface area contributed by atoms with Crippen LogP contribution in [-0.2, 0) is 11.3 Å². The summed E-state index contributed by atoms with van der Waals surface area (Å²) in [6.45, 7) is 7.91. The van der Waals surface area contributed by atoms with Gasteiger partial charge in [0.15, 0.2) is 0 Å². The highest BCUT2D eigenvalue weighted by Crippen LogP contribution is 2.21. The van der Waals surface area contributed by atoms with Gasteiger partial charge < -0.3 is 14.7 Å². The van der Waals surface area contributed by atoms with Crippen LogP contribution in [0.3, 0.4) is 0 Å². The van der Waals surface area contributed by atoms with Crippen LogP contribution in [0.25, 0.3) is 0 Å². The van der Waals surface area contributed by atoms with Crippen LogP contribution in [0.1, 0.15) is 29.8 Å². The number of esters is 1. The molecule has 2 heterocycles. The van der Waals surface area contributed by atoms with Crippen molar-refractivity contribution >= 4 is 11.8 Å². The van der Waals surface area contributed by atoms with Gasteiger partial charge in [-0.3, -0.25) is 4.90 Å². The number of carbonyl (C=O) groups excluding carboxylic acids is 1. The first-order valence-electron chi connectivity index (χ1n) is 8.94. The molecule has 0 bridgehead atoms. The third-order valence-corrected chi connectivity index (χ3v) is 4.36. The second-order valence-electron chi connectivity index (χ2n) is 6.76. The number of hydrogen-bond donors (Lipinski definition) is 1. The van der Waals surface area contributed by atoms with Crippen molar-refractivity contribution < 1.29 is 14.6 Å². The lowest BCUT2D eigenvalue weighted by atomic mass is 10.1. The molecule has 26 heavy (non-hydrogen) atoms. The maximum atomic E-state index is 12.3. The fourth-order valence-corrected chi connectivity index (χ4v) is 3.06. The van der Waals surface area contributed by atoms with Crippen LogP contribution in [0.4, 0.5) is 5.82 Å². The predicted octanol–water partition coefficient (Wildman–Crippen LogP) is 2.67. The zero-order valence-electron chi connectivity index (χ0n) is 15.3. The monoisotopic (exact) mass is 355 g/mol. The molecular formula is C20H25N3O3. The molecule has 0 unspecified atom stereocenters. The number of carbonyl (C=O) groups is 1. The van der Waals surface area contributed by atoms with Crippen molar-refractivity contribution in [3.05, 3.63) is 53.7 Å². The van der Waals surface area contributed by atoms with E-state index in [-0.39, 0.29) is 17.8 Å². The Labute approximate surface area is 154 Å². The summed E-state index contributed by atoms with van der Waals surface area (Å²) < 4.78 is 5.34. The lowest BCUT2D eigenvalue weighted by molar-refractivity contribution is 0.0378. The van der Waals surface area contributed by atoms with E-state index in [1.807, 2.05) is 26.0 Å². The molecule has 2 aromatic rings. The van der Waals surface area contributed by atoms with Crippen LogP contribution in [0.5, 0.6) is 5.75 Å². The molecule has 6 nitrogen and oxygen atoms in total. The Morgan fingerprint density at radius 3 is 2.50 bits per heavy atom. The van der Waals surface area contributed by atoms with E-state index in [1.54, 1.807) is 30.5 Å². The van der Waals surface area contributed by atoms with Crippen LogP contribution in [0, 0.1) is 0 Å². The standard InChI is InChI=1S/C20H25N3O3/c1-15(2)26-20(25)18-4-3-9-21-19(18)23-12-10-22(11-13-23)14-16-5-7-17(24)8-6-16/h3-9,15,24H,10-14H2,1-2H3. The summed E-state index contributed by atoms with van der Waals surface area (Å²) in [5.74, 6) is 0.659. The number of benzene rings is 1. The van der Waals surface area contributed by atoms with Gasteiger partial charge in [0.25, 0.3) is 0 Å². The SMILES string of the molecule is CC(C)OC(=O)c1cccnc1N1CCN(Cc2ccc(O)cc2)CC1. The number of anilines is 1. The minimum absolute atomic E-state index is 0.155. The van der Waals surface area contributed by atoms with Crippen molar-refractivity contribution in [2.75, 3.05) is 31.1 Å². The molecule has 3 rings (SSSR count). The van der Waals surface area contributed by atoms with Gasteiger partial charge in [0.05, 0.1) is 6.10 Å². The van der Waals surface area contributed by atoms with Gasteiger partial charge in [-0.2, -0.15) is 0 Å². The van der Waals surface area contributed by atoms with E-state index in [1.165, 1.54) is 5.56 Å². The third kappa shape index (κ3) is 4.52. The van der Waals surface area contributed by atoms with Crippen molar-refractivity contribution in [2.45, 2.75) is 26.5 Å². The molecule has 0 atom stereocenters. The Kier molecular flexibility index (Phi) is 5.73. The molecule has 1 saturated heterocycles. The highest BCUT2D eigenvalue weighted by molar-refractivity contribution is 5.94. The molecule has 138 valence electrons. The number of nitrogens with zero attached hydrogens (tertiary/aromatic N) is 3. The maximum absolute atomic E-state index is 12.3. The zero-order valence-corrected chi connectivity index (χ0v) is 15.3. The summed E-state index contributed by atoms with van der Waals surface area (Å²) in [6, 6.07) is 10.9. The lowest BCUT2D eigenvalue weighted by Gasteiger charge is -2.36. The molecule has 1 fully saturated rings. The number of piperazine rings is 1.